The third-order valence-electron chi connectivity index (χ3n) is 5.22. The van der Waals surface area contributed by atoms with Crippen LogP contribution in [0.5, 0.6) is 5.75 Å². The number of alkyl carbamates (subject to hydrolysis) is 1. The molecule has 0 spiro atoms. The number of phenolic OH excluding ortho intramolecular Hbond substituents is 1. The van der Waals surface area contributed by atoms with E-state index in [0.29, 0.717) is 12.1 Å². The molecule has 2 atom stereocenters. The summed E-state index contributed by atoms with van der Waals surface area (Å²) in [5, 5.41) is 16.2. The van der Waals surface area contributed by atoms with Crippen LogP contribution in [0.1, 0.15) is 84.4 Å². The first-order valence-corrected chi connectivity index (χ1v) is 12.2. The maximum Gasteiger partial charge on any atom is 0.408 e. The van der Waals surface area contributed by atoms with Gasteiger partial charge >= 0.3 is 6.09 Å². The highest BCUT2D eigenvalue weighted by Crippen LogP contribution is 2.32. The van der Waals surface area contributed by atoms with Crippen molar-refractivity contribution in [1.29, 1.82) is 0 Å². The van der Waals surface area contributed by atoms with Crippen LogP contribution < -0.4 is 10.6 Å². The number of aromatic hydroxyl groups is 1. The maximum atomic E-state index is 13.7. The minimum absolute atomic E-state index is 0.0344. The van der Waals surface area contributed by atoms with Gasteiger partial charge in [-0.3, -0.25) is 14.5 Å². The average molecular weight is 488 g/mol. The van der Waals surface area contributed by atoms with Gasteiger partial charge in [0.25, 0.3) is 5.91 Å². The highest BCUT2D eigenvalue weighted by atomic mass is 16.6. The number of rotatable bonds is 11. The Morgan fingerprint density at radius 1 is 1.20 bits per heavy atom. The third-order valence-corrected chi connectivity index (χ3v) is 5.22. The summed E-state index contributed by atoms with van der Waals surface area (Å²) in [6, 6.07) is 4.97. The lowest BCUT2D eigenvalue weighted by Gasteiger charge is -2.31. The fraction of sp³-hybridized carbons (Fsp3) is 0.593. The Balaban J connectivity index is 3.38. The number of amides is 3. The van der Waals surface area contributed by atoms with Gasteiger partial charge in [-0.05, 0) is 52.0 Å². The Kier molecular flexibility index (Phi) is 11.6. The Hall–Kier alpha value is -3.21. The number of ether oxygens (including phenoxy) is 1. The van der Waals surface area contributed by atoms with Crippen molar-refractivity contribution in [1.82, 2.24) is 15.5 Å². The van der Waals surface area contributed by atoms with Crippen LogP contribution in [-0.2, 0) is 14.3 Å². The summed E-state index contributed by atoms with van der Waals surface area (Å²) in [6.45, 7) is 13.1. The minimum atomic E-state index is -1.27. The van der Waals surface area contributed by atoms with E-state index in [9.17, 15) is 19.5 Å². The predicted octanol–water partition coefficient (Wildman–Crippen LogP) is 4.41. The molecule has 0 heterocycles. The van der Waals surface area contributed by atoms with Crippen LogP contribution >= 0.6 is 0 Å². The van der Waals surface area contributed by atoms with E-state index in [-0.39, 0.29) is 23.7 Å². The predicted molar refractivity (Wildman–Crippen MR) is 136 cm³/mol. The molecule has 0 aliphatic rings. The monoisotopic (exact) mass is 487 g/mol. The first-order valence-electron chi connectivity index (χ1n) is 12.2. The number of aryl methyl sites for hydroxylation is 1. The Labute approximate surface area is 209 Å². The van der Waals surface area contributed by atoms with Crippen LogP contribution in [-0.4, -0.2) is 46.1 Å². The van der Waals surface area contributed by atoms with Gasteiger partial charge in [-0.2, -0.15) is 0 Å². The molecule has 0 saturated carbocycles. The van der Waals surface area contributed by atoms with E-state index in [4.69, 9.17) is 11.2 Å². The van der Waals surface area contributed by atoms with Gasteiger partial charge in [0.1, 0.15) is 17.4 Å². The zero-order chi connectivity index (χ0) is 26.8. The lowest BCUT2D eigenvalue weighted by Crippen LogP contribution is -2.52. The fourth-order valence-electron chi connectivity index (χ4n) is 3.56. The van der Waals surface area contributed by atoms with Gasteiger partial charge < -0.3 is 20.5 Å². The highest BCUT2D eigenvalue weighted by Gasteiger charge is 2.37. The smallest absolute Gasteiger partial charge is 0.408 e. The lowest BCUT2D eigenvalue weighted by molar-refractivity contribution is -0.138. The number of nitrogens with zero attached hydrogens (tertiary/aromatic N) is 1. The summed E-state index contributed by atoms with van der Waals surface area (Å²) < 4.78 is 5.33. The van der Waals surface area contributed by atoms with Crippen molar-refractivity contribution in [2.24, 2.45) is 5.92 Å². The van der Waals surface area contributed by atoms with E-state index in [1.165, 1.54) is 0 Å². The van der Waals surface area contributed by atoms with Crippen molar-refractivity contribution < 1.29 is 24.2 Å². The fourth-order valence-corrected chi connectivity index (χ4v) is 3.56. The van der Waals surface area contributed by atoms with E-state index in [0.717, 1.165) is 24.2 Å². The first-order chi connectivity index (χ1) is 16.3. The van der Waals surface area contributed by atoms with E-state index in [1.54, 1.807) is 45.9 Å². The number of para-hydroxylation sites is 1. The highest BCUT2D eigenvalue weighted by molar-refractivity contribution is 5.93. The maximum absolute atomic E-state index is 13.7. The summed E-state index contributed by atoms with van der Waals surface area (Å²) in [6.07, 6.45) is 7.98. The van der Waals surface area contributed by atoms with Gasteiger partial charge in [0.2, 0.25) is 5.91 Å². The molecule has 0 bridgehead atoms. The molecule has 1 aromatic carbocycles. The Morgan fingerprint density at radius 2 is 1.86 bits per heavy atom. The molecule has 8 nitrogen and oxygen atoms in total. The number of benzene rings is 1. The molecule has 0 aromatic heterocycles. The van der Waals surface area contributed by atoms with Crippen molar-refractivity contribution in [3.63, 3.8) is 0 Å². The normalized spacial score (nSPS) is 12.9. The number of unbranched alkanes of at least 4 members (excludes halogenated alkanes) is 2. The van der Waals surface area contributed by atoms with E-state index in [2.05, 4.69) is 23.6 Å². The largest absolute Gasteiger partial charge is 0.507 e. The zero-order valence-corrected chi connectivity index (χ0v) is 22.1. The van der Waals surface area contributed by atoms with Gasteiger partial charge in [-0.1, -0.05) is 58.2 Å². The standard InChI is InChI=1S/C27H41N3O5/c1-9-11-12-16-28-24(32)22(20-15-13-14-19(5)23(20)31)30(10-2)25(33)21(17-18(3)4)29-26(34)35-27(6,7)8/h2,13-15,18,21-22,31H,9,11-12,16-17H2,1,3-8H3,(H,28,32)(H,29,34). The van der Waals surface area contributed by atoms with E-state index >= 15 is 0 Å². The SMILES string of the molecule is C#CN(C(=O)C(CC(C)C)NC(=O)OC(C)(C)C)C(C(=O)NCCCCC)c1cccc(C)c1O. The summed E-state index contributed by atoms with van der Waals surface area (Å²) in [4.78, 5) is 40.4. The summed E-state index contributed by atoms with van der Waals surface area (Å²) in [7, 11) is 0. The quantitative estimate of drug-likeness (QED) is 0.243. The van der Waals surface area contributed by atoms with Gasteiger partial charge in [0, 0.05) is 18.2 Å². The molecule has 1 rings (SSSR count). The molecule has 3 amide bonds. The van der Waals surface area contributed by atoms with Gasteiger partial charge in [-0.25, -0.2) is 4.79 Å². The minimum Gasteiger partial charge on any atom is -0.507 e. The van der Waals surface area contributed by atoms with Crippen molar-refractivity contribution in [2.45, 2.75) is 91.8 Å². The molecule has 0 saturated heterocycles. The van der Waals surface area contributed by atoms with E-state index < -0.39 is 35.6 Å². The number of phenols is 1. The van der Waals surface area contributed by atoms with Gasteiger partial charge in [0.05, 0.1) is 0 Å². The van der Waals surface area contributed by atoms with Crippen LogP contribution in [0.4, 0.5) is 4.79 Å². The van der Waals surface area contributed by atoms with Crippen molar-refractivity contribution in [3.05, 3.63) is 29.3 Å². The molecular formula is C27H41N3O5. The van der Waals surface area contributed by atoms with Crippen LogP contribution in [0.2, 0.25) is 0 Å². The van der Waals surface area contributed by atoms with E-state index in [1.807, 2.05) is 13.8 Å². The second-order valence-corrected chi connectivity index (χ2v) is 10.1. The number of nitrogens with one attached hydrogen (secondary N) is 2. The number of terminal acetylenes is 1. The van der Waals surface area contributed by atoms with Crippen LogP contribution in [0.25, 0.3) is 0 Å². The molecule has 2 unspecified atom stereocenters. The summed E-state index contributed by atoms with van der Waals surface area (Å²) >= 11 is 0. The van der Waals surface area contributed by atoms with Gasteiger partial charge in [0.15, 0.2) is 6.04 Å². The molecule has 35 heavy (non-hydrogen) atoms. The molecule has 194 valence electrons. The van der Waals surface area contributed by atoms with Gasteiger partial charge in [-0.15, -0.1) is 0 Å². The number of carbonyl (C=O) groups is 3. The summed E-state index contributed by atoms with van der Waals surface area (Å²) in [5.41, 5.74) is 0.00133. The van der Waals surface area contributed by atoms with Crippen molar-refractivity contribution in [3.8, 4) is 18.2 Å². The number of hydrogen-bond donors (Lipinski definition) is 3. The Bertz CT molecular complexity index is 914. The molecule has 8 heteroatoms. The second kappa shape index (κ2) is 13.6. The molecule has 0 aliphatic heterocycles. The molecule has 0 aliphatic carbocycles. The number of hydrogen-bond acceptors (Lipinski definition) is 5. The molecule has 0 fully saturated rings. The third kappa shape index (κ3) is 9.51. The topological polar surface area (TPSA) is 108 Å². The zero-order valence-electron chi connectivity index (χ0n) is 22.1. The summed E-state index contributed by atoms with van der Waals surface area (Å²) in [5.74, 6) is -1.22. The molecule has 0 radical (unpaired) electrons. The van der Waals surface area contributed by atoms with Crippen LogP contribution in [0.3, 0.4) is 0 Å². The average Bonchev–Trinajstić information content (AvgIpc) is 2.74. The molecule has 1 aromatic rings. The van der Waals surface area contributed by atoms with Crippen LogP contribution in [0.15, 0.2) is 18.2 Å². The molecular weight excluding hydrogens is 446 g/mol. The second-order valence-electron chi connectivity index (χ2n) is 10.1. The Morgan fingerprint density at radius 3 is 2.40 bits per heavy atom. The van der Waals surface area contributed by atoms with Crippen LogP contribution in [0, 0.1) is 25.3 Å². The van der Waals surface area contributed by atoms with Crippen molar-refractivity contribution >= 4 is 17.9 Å². The first kappa shape index (κ1) is 29.8. The lowest BCUT2D eigenvalue weighted by atomic mass is 9.98. The number of carbonyl (C=O) groups excluding carboxylic acids is 3. The molecule has 3 N–H and O–H groups in total. The van der Waals surface area contributed by atoms with Crippen molar-refractivity contribution in [2.75, 3.05) is 6.54 Å².